The maximum Gasteiger partial charge on any atom is 0.360 e. The molecule has 0 aromatic heterocycles. The van der Waals surface area contributed by atoms with Crippen molar-refractivity contribution in [1.29, 1.82) is 0 Å². The van der Waals surface area contributed by atoms with Crippen LogP contribution in [0.4, 0.5) is 0 Å². The summed E-state index contributed by atoms with van der Waals surface area (Å²) in [6, 6.07) is 0. The van der Waals surface area contributed by atoms with E-state index in [9.17, 15) is 4.57 Å². The zero-order valence-electron chi connectivity index (χ0n) is 14.0. The van der Waals surface area contributed by atoms with Gasteiger partial charge in [-0.3, -0.25) is 4.57 Å². The van der Waals surface area contributed by atoms with Gasteiger partial charge in [-0.05, 0) is 24.1 Å². The van der Waals surface area contributed by atoms with Crippen molar-refractivity contribution in [2.24, 2.45) is 0 Å². The van der Waals surface area contributed by atoms with Crippen molar-refractivity contribution < 1.29 is 9.09 Å². The van der Waals surface area contributed by atoms with Crippen LogP contribution in [0.25, 0.3) is 0 Å². The molecule has 1 N–H and O–H groups in total. The molecule has 0 saturated heterocycles. The normalized spacial score (nSPS) is 14.2. The number of unbranched alkanes of at least 4 members (excludes halogenated alkanes) is 10. The summed E-state index contributed by atoms with van der Waals surface area (Å²) in [6.07, 6.45) is 14.5. The van der Waals surface area contributed by atoms with E-state index in [-0.39, 0.29) is 0 Å². The Bertz CT molecular complexity index is 243. The highest BCUT2D eigenvalue weighted by molar-refractivity contribution is 7.83. The minimum absolute atomic E-state index is 0.496. The standard InChI is InChI=1S/C16H35ClNO2P/c1-3-5-7-9-11-13-15-18-21(17,19)20-16-14-12-10-8-6-4-2/h3-16H2,1-2H3,(H,18,19). The fourth-order valence-electron chi connectivity index (χ4n) is 2.23. The lowest BCUT2D eigenvalue weighted by Gasteiger charge is -2.12. The van der Waals surface area contributed by atoms with Gasteiger partial charge < -0.3 is 4.52 Å². The van der Waals surface area contributed by atoms with Gasteiger partial charge in [0.05, 0.1) is 6.61 Å². The lowest BCUT2D eigenvalue weighted by molar-refractivity contribution is 0.304. The fourth-order valence-corrected chi connectivity index (χ4v) is 3.57. The predicted molar refractivity (Wildman–Crippen MR) is 94.2 cm³/mol. The Morgan fingerprint density at radius 1 is 0.810 bits per heavy atom. The van der Waals surface area contributed by atoms with E-state index in [0.717, 1.165) is 19.3 Å². The molecule has 21 heavy (non-hydrogen) atoms. The second-order valence-electron chi connectivity index (χ2n) is 5.76. The Hall–Kier alpha value is 0.440. The first-order valence-electron chi connectivity index (χ1n) is 8.81. The average Bonchev–Trinajstić information content (AvgIpc) is 2.45. The zero-order valence-corrected chi connectivity index (χ0v) is 15.7. The molecule has 0 aliphatic rings. The van der Waals surface area contributed by atoms with Gasteiger partial charge in [0, 0.05) is 6.54 Å². The number of nitrogens with one attached hydrogen (secondary N) is 1. The van der Waals surface area contributed by atoms with Crippen molar-refractivity contribution in [3.8, 4) is 0 Å². The first-order chi connectivity index (χ1) is 10.1. The summed E-state index contributed by atoms with van der Waals surface area (Å²) in [5, 5.41) is 2.86. The van der Waals surface area contributed by atoms with E-state index in [4.69, 9.17) is 15.8 Å². The SMILES string of the molecule is CCCCCCCCNP(=O)(Cl)OCCCCCCCC. The van der Waals surface area contributed by atoms with Crippen molar-refractivity contribution in [1.82, 2.24) is 5.09 Å². The molecule has 3 nitrogen and oxygen atoms in total. The molecule has 0 aromatic rings. The molecule has 0 amide bonds. The molecular weight excluding hydrogens is 305 g/mol. The largest absolute Gasteiger partial charge is 0.360 e. The highest BCUT2D eigenvalue weighted by atomic mass is 35.7. The van der Waals surface area contributed by atoms with Crippen LogP contribution < -0.4 is 5.09 Å². The summed E-state index contributed by atoms with van der Waals surface area (Å²) >= 11 is 5.88. The Labute approximate surface area is 136 Å². The summed E-state index contributed by atoms with van der Waals surface area (Å²) in [5.41, 5.74) is 0. The molecule has 128 valence electrons. The van der Waals surface area contributed by atoms with E-state index in [1.165, 1.54) is 57.8 Å². The van der Waals surface area contributed by atoms with E-state index >= 15 is 0 Å². The van der Waals surface area contributed by atoms with Crippen molar-refractivity contribution in [2.75, 3.05) is 13.2 Å². The topological polar surface area (TPSA) is 38.3 Å². The molecule has 0 bridgehead atoms. The molecule has 0 aliphatic heterocycles. The van der Waals surface area contributed by atoms with Gasteiger partial charge in [-0.1, -0.05) is 78.1 Å². The first-order valence-corrected chi connectivity index (χ1v) is 11.3. The summed E-state index contributed by atoms with van der Waals surface area (Å²) < 4.78 is 17.2. The van der Waals surface area contributed by atoms with Gasteiger partial charge >= 0.3 is 6.87 Å². The molecule has 0 heterocycles. The van der Waals surface area contributed by atoms with Crippen LogP contribution in [0, 0.1) is 0 Å². The Morgan fingerprint density at radius 3 is 1.86 bits per heavy atom. The van der Waals surface area contributed by atoms with Crippen LogP contribution in [-0.2, 0) is 9.09 Å². The van der Waals surface area contributed by atoms with Crippen molar-refractivity contribution in [2.45, 2.75) is 90.9 Å². The molecule has 0 spiro atoms. The number of halogens is 1. The molecule has 0 saturated carbocycles. The quantitative estimate of drug-likeness (QED) is 0.252. The van der Waals surface area contributed by atoms with Crippen LogP contribution in [0.5, 0.6) is 0 Å². The zero-order chi connectivity index (χ0) is 15.8. The Morgan fingerprint density at radius 2 is 1.29 bits per heavy atom. The van der Waals surface area contributed by atoms with Crippen LogP contribution in [0.1, 0.15) is 90.9 Å². The first kappa shape index (κ1) is 21.4. The number of hydrogen-bond acceptors (Lipinski definition) is 2. The highest BCUT2D eigenvalue weighted by Gasteiger charge is 2.17. The van der Waals surface area contributed by atoms with Crippen molar-refractivity contribution >= 4 is 18.1 Å². The average molecular weight is 340 g/mol. The lowest BCUT2D eigenvalue weighted by atomic mass is 10.1. The van der Waals surface area contributed by atoms with Crippen LogP contribution in [-0.4, -0.2) is 13.2 Å². The van der Waals surface area contributed by atoms with E-state index in [1.807, 2.05) is 0 Å². The molecule has 1 unspecified atom stereocenters. The number of rotatable bonds is 16. The van der Waals surface area contributed by atoms with Crippen molar-refractivity contribution in [3.05, 3.63) is 0 Å². The smallest absolute Gasteiger partial charge is 0.306 e. The summed E-state index contributed by atoms with van der Waals surface area (Å²) in [4.78, 5) is 0. The number of hydrogen-bond donors (Lipinski definition) is 1. The summed E-state index contributed by atoms with van der Waals surface area (Å²) in [7, 11) is 0. The third-order valence-electron chi connectivity index (χ3n) is 3.59. The molecule has 0 radical (unpaired) electrons. The molecular formula is C16H35ClNO2P. The molecule has 0 aromatic carbocycles. The van der Waals surface area contributed by atoms with Gasteiger partial charge in [0.2, 0.25) is 0 Å². The predicted octanol–water partition coefficient (Wildman–Crippen LogP) is 6.66. The Balaban J connectivity index is 3.37. The van der Waals surface area contributed by atoms with Gasteiger partial charge in [-0.25, -0.2) is 5.09 Å². The summed E-state index contributed by atoms with van der Waals surface area (Å²) in [6.45, 7) is 2.51. The molecule has 0 aliphatic carbocycles. The lowest BCUT2D eigenvalue weighted by Crippen LogP contribution is -2.11. The second kappa shape index (κ2) is 15.3. The van der Waals surface area contributed by atoms with E-state index in [0.29, 0.717) is 13.2 Å². The molecule has 1 atom stereocenters. The maximum absolute atomic E-state index is 11.9. The van der Waals surface area contributed by atoms with Gasteiger partial charge in [-0.15, -0.1) is 0 Å². The minimum Gasteiger partial charge on any atom is -0.306 e. The van der Waals surface area contributed by atoms with Gasteiger partial charge in [0.1, 0.15) is 0 Å². The second-order valence-corrected chi connectivity index (χ2v) is 8.63. The van der Waals surface area contributed by atoms with Crippen molar-refractivity contribution in [3.63, 3.8) is 0 Å². The highest BCUT2D eigenvalue weighted by Crippen LogP contribution is 2.47. The van der Waals surface area contributed by atoms with Crippen LogP contribution in [0.2, 0.25) is 0 Å². The van der Waals surface area contributed by atoms with Gasteiger partial charge in [0.15, 0.2) is 0 Å². The maximum atomic E-state index is 11.9. The third-order valence-corrected chi connectivity index (χ3v) is 5.35. The van der Waals surface area contributed by atoms with E-state index < -0.39 is 6.87 Å². The Kier molecular flexibility index (Phi) is 15.7. The molecule has 0 fully saturated rings. The van der Waals surface area contributed by atoms with E-state index in [2.05, 4.69) is 18.9 Å². The summed E-state index contributed by atoms with van der Waals surface area (Å²) in [5.74, 6) is 0. The third kappa shape index (κ3) is 16.6. The fraction of sp³-hybridized carbons (Fsp3) is 1.00. The molecule has 5 heteroatoms. The van der Waals surface area contributed by atoms with Crippen LogP contribution >= 0.6 is 18.1 Å². The van der Waals surface area contributed by atoms with Gasteiger partial charge in [0.25, 0.3) is 0 Å². The van der Waals surface area contributed by atoms with Crippen LogP contribution in [0.15, 0.2) is 0 Å². The van der Waals surface area contributed by atoms with Gasteiger partial charge in [-0.2, -0.15) is 0 Å². The van der Waals surface area contributed by atoms with E-state index in [1.54, 1.807) is 0 Å². The van der Waals surface area contributed by atoms with Crippen LogP contribution in [0.3, 0.4) is 0 Å². The molecule has 0 rings (SSSR count). The monoisotopic (exact) mass is 339 g/mol. The minimum atomic E-state index is -3.09.